The molecule has 0 aliphatic heterocycles. The summed E-state index contributed by atoms with van der Waals surface area (Å²) in [4.78, 5) is 25.8. The molecule has 32 heavy (non-hydrogen) atoms. The predicted octanol–water partition coefficient (Wildman–Crippen LogP) is 4.33. The molecule has 1 N–H and O–H groups in total. The molecule has 0 fully saturated rings. The number of rotatable bonds is 7. The lowest BCUT2D eigenvalue weighted by Crippen LogP contribution is -2.21. The molecule has 2 heterocycles. The number of amides is 1. The lowest BCUT2D eigenvalue weighted by Gasteiger charge is -2.06. The lowest BCUT2D eigenvalue weighted by atomic mass is 10.2. The van der Waals surface area contributed by atoms with Gasteiger partial charge in [-0.2, -0.15) is 10.4 Å². The third kappa shape index (κ3) is 5.09. The molecule has 0 aliphatic carbocycles. The van der Waals surface area contributed by atoms with E-state index in [4.69, 9.17) is 10.00 Å². The second-order valence-corrected chi connectivity index (χ2v) is 7.81. The summed E-state index contributed by atoms with van der Waals surface area (Å²) in [6.45, 7) is 0.0677. The van der Waals surface area contributed by atoms with Crippen LogP contribution in [0, 0.1) is 11.3 Å². The summed E-state index contributed by atoms with van der Waals surface area (Å²) in [5.74, 6) is -1.10. The van der Waals surface area contributed by atoms with Crippen LogP contribution in [0.25, 0.3) is 10.6 Å². The summed E-state index contributed by atoms with van der Waals surface area (Å²) in [5, 5.41) is 18.0. The van der Waals surface area contributed by atoms with Crippen LogP contribution in [0.5, 0.6) is 0 Å². The third-order valence-electron chi connectivity index (χ3n) is 4.56. The molecule has 0 atom stereocenters. The van der Waals surface area contributed by atoms with Crippen molar-refractivity contribution in [2.45, 2.75) is 6.54 Å². The number of nitrogens with one attached hydrogen (secondary N) is 1. The van der Waals surface area contributed by atoms with Crippen molar-refractivity contribution >= 4 is 28.9 Å². The Morgan fingerprint density at radius 1 is 1.06 bits per heavy atom. The maximum Gasteiger partial charge on any atom is 0.342 e. The van der Waals surface area contributed by atoms with Gasteiger partial charge in [0.05, 0.1) is 23.1 Å². The Labute approximate surface area is 188 Å². The molecule has 158 valence electrons. The summed E-state index contributed by atoms with van der Waals surface area (Å²) < 4.78 is 6.95. The first kappa shape index (κ1) is 21.0. The molecule has 8 heteroatoms. The number of ether oxygens (including phenoxy) is 1. The fourth-order valence-electron chi connectivity index (χ4n) is 3.05. The number of carbonyl (C=O) groups is 2. The van der Waals surface area contributed by atoms with E-state index in [2.05, 4.69) is 10.4 Å². The van der Waals surface area contributed by atoms with Crippen LogP contribution in [0.1, 0.15) is 21.5 Å². The van der Waals surface area contributed by atoms with Gasteiger partial charge in [-0.05, 0) is 41.3 Å². The predicted molar refractivity (Wildman–Crippen MR) is 121 cm³/mol. The van der Waals surface area contributed by atoms with Gasteiger partial charge < -0.3 is 10.1 Å². The smallest absolute Gasteiger partial charge is 0.342 e. The summed E-state index contributed by atoms with van der Waals surface area (Å²) in [6.07, 6.45) is 1.64. The van der Waals surface area contributed by atoms with Crippen LogP contribution in [0.2, 0.25) is 0 Å². The Kier molecular flexibility index (Phi) is 6.39. The van der Waals surface area contributed by atoms with Crippen LogP contribution in [-0.4, -0.2) is 28.3 Å². The summed E-state index contributed by atoms with van der Waals surface area (Å²) in [7, 11) is 0. The number of benzene rings is 2. The Morgan fingerprint density at radius 3 is 2.53 bits per heavy atom. The van der Waals surface area contributed by atoms with Crippen LogP contribution in [0.3, 0.4) is 0 Å². The normalized spacial score (nSPS) is 10.3. The lowest BCUT2D eigenvalue weighted by molar-refractivity contribution is -0.119. The van der Waals surface area contributed by atoms with Crippen molar-refractivity contribution in [1.29, 1.82) is 5.26 Å². The molecule has 2 aromatic heterocycles. The van der Waals surface area contributed by atoms with Gasteiger partial charge in [0.2, 0.25) is 0 Å². The van der Waals surface area contributed by atoms with Crippen LogP contribution in [-0.2, 0) is 16.1 Å². The zero-order chi connectivity index (χ0) is 22.3. The molecular formula is C24H18N4O3S. The SMILES string of the molecule is N#Cc1ccc(NC(=O)COC(=O)c2cn(Cc3ccccc3)nc2-c2cccs2)cc1. The molecule has 0 aliphatic rings. The summed E-state index contributed by atoms with van der Waals surface area (Å²) in [5.41, 5.74) is 2.88. The van der Waals surface area contributed by atoms with Gasteiger partial charge in [-0.3, -0.25) is 9.48 Å². The van der Waals surface area contributed by atoms with Crippen LogP contribution < -0.4 is 5.32 Å². The molecule has 1 amide bonds. The van der Waals surface area contributed by atoms with Crippen molar-refractivity contribution < 1.29 is 14.3 Å². The molecular weight excluding hydrogens is 424 g/mol. The molecule has 4 rings (SSSR count). The maximum absolute atomic E-state index is 12.8. The van der Waals surface area contributed by atoms with Gasteiger partial charge in [-0.25, -0.2) is 4.79 Å². The van der Waals surface area contributed by atoms with E-state index in [-0.39, 0.29) is 0 Å². The zero-order valence-corrected chi connectivity index (χ0v) is 17.7. The number of hydrogen-bond acceptors (Lipinski definition) is 6. The number of carbonyl (C=O) groups excluding carboxylic acids is 2. The van der Waals surface area contributed by atoms with Crippen LogP contribution in [0.4, 0.5) is 5.69 Å². The first-order valence-electron chi connectivity index (χ1n) is 9.75. The van der Waals surface area contributed by atoms with Gasteiger partial charge in [-0.15, -0.1) is 11.3 Å². The average Bonchev–Trinajstić information content (AvgIpc) is 3.49. The highest BCUT2D eigenvalue weighted by atomic mass is 32.1. The number of thiophene rings is 1. The van der Waals surface area contributed by atoms with Crippen molar-refractivity contribution in [3.8, 4) is 16.6 Å². The highest BCUT2D eigenvalue weighted by Crippen LogP contribution is 2.27. The van der Waals surface area contributed by atoms with E-state index in [1.807, 2.05) is 53.9 Å². The van der Waals surface area contributed by atoms with Gasteiger partial charge in [0.15, 0.2) is 6.61 Å². The van der Waals surface area contributed by atoms with E-state index in [1.54, 1.807) is 35.1 Å². The minimum absolute atomic E-state index is 0.301. The highest BCUT2D eigenvalue weighted by molar-refractivity contribution is 7.13. The Hall–Kier alpha value is -4.22. The van der Waals surface area contributed by atoms with E-state index in [0.717, 1.165) is 10.4 Å². The molecule has 0 radical (unpaired) electrons. The number of nitrogens with zero attached hydrogens (tertiary/aromatic N) is 3. The second kappa shape index (κ2) is 9.73. The molecule has 0 unspecified atom stereocenters. The van der Waals surface area contributed by atoms with Gasteiger partial charge >= 0.3 is 5.97 Å². The fourth-order valence-corrected chi connectivity index (χ4v) is 3.77. The largest absolute Gasteiger partial charge is 0.452 e. The molecule has 0 saturated heterocycles. The molecule has 2 aromatic carbocycles. The van der Waals surface area contributed by atoms with Crippen molar-refractivity contribution in [2.24, 2.45) is 0 Å². The monoisotopic (exact) mass is 442 g/mol. The standard InChI is InChI=1S/C24H18N4O3S/c25-13-17-8-10-19(11-9-17)26-22(29)16-31-24(30)20-15-28(14-18-5-2-1-3-6-18)27-23(20)21-7-4-12-32-21/h1-12,15H,14,16H2,(H,26,29). The van der Waals surface area contributed by atoms with Gasteiger partial charge in [0.25, 0.3) is 5.91 Å². The van der Waals surface area contributed by atoms with Crippen LogP contribution >= 0.6 is 11.3 Å². The molecule has 0 bridgehead atoms. The quantitative estimate of drug-likeness (QED) is 0.430. The number of nitriles is 1. The first-order chi connectivity index (χ1) is 15.6. The van der Waals surface area contributed by atoms with Gasteiger partial charge in [0, 0.05) is 11.9 Å². The zero-order valence-electron chi connectivity index (χ0n) is 16.9. The first-order valence-corrected chi connectivity index (χ1v) is 10.6. The van der Waals surface area contributed by atoms with Crippen molar-refractivity contribution in [3.05, 3.63) is 95.0 Å². The third-order valence-corrected chi connectivity index (χ3v) is 5.43. The number of aromatic nitrogens is 2. The van der Waals surface area contributed by atoms with Crippen molar-refractivity contribution in [2.75, 3.05) is 11.9 Å². The van der Waals surface area contributed by atoms with Gasteiger partial charge in [0.1, 0.15) is 11.3 Å². The maximum atomic E-state index is 12.8. The molecule has 0 spiro atoms. The topological polar surface area (TPSA) is 97.0 Å². The molecule has 7 nitrogen and oxygen atoms in total. The number of anilines is 1. The average molecular weight is 443 g/mol. The second-order valence-electron chi connectivity index (χ2n) is 6.87. The minimum atomic E-state index is -0.623. The molecule has 0 saturated carbocycles. The Morgan fingerprint density at radius 2 is 1.84 bits per heavy atom. The highest BCUT2D eigenvalue weighted by Gasteiger charge is 2.21. The van der Waals surface area contributed by atoms with Gasteiger partial charge in [-0.1, -0.05) is 36.4 Å². The van der Waals surface area contributed by atoms with E-state index < -0.39 is 18.5 Å². The van der Waals surface area contributed by atoms with E-state index in [0.29, 0.717) is 29.1 Å². The molecule has 4 aromatic rings. The Balaban J connectivity index is 1.45. The number of esters is 1. The Bertz CT molecular complexity index is 1260. The summed E-state index contributed by atoms with van der Waals surface area (Å²) in [6, 6.07) is 22.0. The van der Waals surface area contributed by atoms with Crippen molar-refractivity contribution in [3.63, 3.8) is 0 Å². The van der Waals surface area contributed by atoms with E-state index >= 15 is 0 Å². The van der Waals surface area contributed by atoms with Crippen molar-refractivity contribution in [1.82, 2.24) is 9.78 Å². The van der Waals surface area contributed by atoms with Crippen LogP contribution in [0.15, 0.2) is 78.3 Å². The minimum Gasteiger partial charge on any atom is -0.452 e. The number of hydrogen-bond donors (Lipinski definition) is 1. The van der Waals surface area contributed by atoms with E-state index in [9.17, 15) is 9.59 Å². The fraction of sp³-hybridized carbons (Fsp3) is 0.0833. The summed E-state index contributed by atoms with van der Waals surface area (Å²) >= 11 is 1.47. The van der Waals surface area contributed by atoms with E-state index in [1.165, 1.54) is 11.3 Å².